The number of carbonyl (C=O) groups is 1. The van der Waals surface area contributed by atoms with Crippen LogP contribution in [-0.2, 0) is 13.0 Å². The summed E-state index contributed by atoms with van der Waals surface area (Å²) < 4.78 is 0. The van der Waals surface area contributed by atoms with Gasteiger partial charge in [0.05, 0.1) is 23.3 Å². The summed E-state index contributed by atoms with van der Waals surface area (Å²) in [7, 11) is 3.86. The molecule has 3 aromatic rings. The first-order valence-corrected chi connectivity index (χ1v) is 8.50. The molecule has 9 nitrogen and oxygen atoms in total. The SMILES string of the molecule is CN(C)c1ncnc2c1CCN(C(=O)c1ccc3[nH]c(=O)c(=O)[nH]c3c1)C2. The van der Waals surface area contributed by atoms with Crippen LogP contribution in [0.5, 0.6) is 0 Å². The van der Waals surface area contributed by atoms with Gasteiger partial charge in [0.2, 0.25) is 0 Å². The number of H-pyrrole nitrogens is 2. The van der Waals surface area contributed by atoms with Crippen molar-refractivity contribution in [2.75, 3.05) is 25.5 Å². The van der Waals surface area contributed by atoms with Gasteiger partial charge in [-0.25, -0.2) is 9.97 Å². The summed E-state index contributed by atoms with van der Waals surface area (Å²) in [5.41, 5.74) is 1.77. The van der Waals surface area contributed by atoms with Gasteiger partial charge in [0.1, 0.15) is 12.1 Å². The highest BCUT2D eigenvalue weighted by Crippen LogP contribution is 2.25. The van der Waals surface area contributed by atoms with Crippen LogP contribution < -0.4 is 16.0 Å². The van der Waals surface area contributed by atoms with Gasteiger partial charge in [-0.05, 0) is 24.6 Å². The van der Waals surface area contributed by atoms with Crippen molar-refractivity contribution in [1.82, 2.24) is 24.8 Å². The van der Waals surface area contributed by atoms with E-state index in [2.05, 4.69) is 19.9 Å². The Morgan fingerprint density at radius 2 is 1.85 bits per heavy atom. The predicted octanol–water partition coefficient (Wildman–Crippen LogP) is 0.271. The van der Waals surface area contributed by atoms with Gasteiger partial charge in [-0.3, -0.25) is 14.4 Å². The van der Waals surface area contributed by atoms with Gasteiger partial charge >= 0.3 is 11.1 Å². The average Bonchev–Trinajstić information content (AvgIpc) is 2.67. The number of hydrogen-bond acceptors (Lipinski definition) is 6. The molecule has 0 saturated carbocycles. The van der Waals surface area contributed by atoms with E-state index in [0.717, 1.165) is 17.1 Å². The van der Waals surface area contributed by atoms with Crippen molar-refractivity contribution in [2.24, 2.45) is 0 Å². The van der Waals surface area contributed by atoms with Gasteiger partial charge < -0.3 is 19.8 Å². The molecule has 1 aliphatic heterocycles. The number of amides is 1. The minimum atomic E-state index is -0.744. The zero-order valence-corrected chi connectivity index (χ0v) is 14.9. The standard InChI is InChI=1S/C18H18N6O3/c1-23(2)15-11-5-6-24(8-14(11)19-9-20-15)18(27)10-3-4-12-13(7-10)22-17(26)16(25)21-12/h3-4,7,9H,5-6,8H2,1-2H3,(H,21,25)(H,22,26). The van der Waals surface area contributed by atoms with E-state index in [1.807, 2.05) is 19.0 Å². The Morgan fingerprint density at radius 3 is 2.59 bits per heavy atom. The molecule has 0 spiro atoms. The van der Waals surface area contributed by atoms with Gasteiger partial charge in [-0.2, -0.15) is 0 Å². The van der Waals surface area contributed by atoms with Crippen LogP contribution in [0.2, 0.25) is 0 Å². The number of aromatic amines is 2. The largest absolute Gasteiger partial charge is 0.362 e. The molecule has 1 aromatic carbocycles. The van der Waals surface area contributed by atoms with Crippen LogP contribution in [0.25, 0.3) is 11.0 Å². The lowest BCUT2D eigenvalue weighted by Crippen LogP contribution is -2.37. The van der Waals surface area contributed by atoms with E-state index in [4.69, 9.17) is 0 Å². The minimum Gasteiger partial charge on any atom is -0.362 e. The number of nitrogens with one attached hydrogen (secondary N) is 2. The molecule has 0 unspecified atom stereocenters. The molecule has 1 aliphatic rings. The number of nitrogens with zero attached hydrogens (tertiary/aromatic N) is 4. The van der Waals surface area contributed by atoms with Crippen LogP contribution in [0.15, 0.2) is 34.1 Å². The molecule has 4 rings (SSSR count). The molecule has 138 valence electrons. The van der Waals surface area contributed by atoms with E-state index < -0.39 is 11.1 Å². The Hall–Kier alpha value is -3.49. The lowest BCUT2D eigenvalue weighted by Gasteiger charge is -2.30. The Bertz CT molecular complexity index is 1160. The zero-order valence-electron chi connectivity index (χ0n) is 14.9. The highest BCUT2D eigenvalue weighted by atomic mass is 16.2. The summed E-state index contributed by atoms with van der Waals surface area (Å²) in [6.07, 6.45) is 2.19. The molecule has 2 N–H and O–H groups in total. The molecule has 0 atom stereocenters. The third kappa shape index (κ3) is 2.97. The fraction of sp³-hybridized carbons (Fsp3) is 0.278. The maximum Gasteiger partial charge on any atom is 0.314 e. The molecule has 0 radical (unpaired) electrons. The summed E-state index contributed by atoms with van der Waals surface area (Å²) in [5.74, 6) is 0.721. The van der Waals surface area contributed by atoms with Crippen LogP contribution in [0.1, 0.15) is 21.6 Å². The molecule has 2 aromatic heterocycles. The van der Waals surface area contributed by atoms with Crippen molar-refractivity contribution < 1.29 is 4.79 Å². The van der Waals surface area contributed by atoms with Crippen molar-refractivity contribution >= 4 is 22.8 Å². The zero-order chi connectivity index (χ0) is 19.1. The maximum atomic E-state index is 12.9. The normalized spacial score (nSPS) is 13.5. The summed E-state index contributed by atoms with van der Waals surface area (Å²) in [4.78, 5) is 53.2. The molecule has 0 bridgehead atoms. The Morgan fingerprint density at radius 1 is 1.11 bits per heavy atom. The lowest BCUT2D eigenvalue weighted by molar-refractivity contribution is 0.0732. The molecule has 0 fully saturated rings. The smallest absolute Gasteiger partial charge is 0.314 e. The van der Waals surface area contributed by atoms with Gasteiger partial charge in [0, 0.05) is 31.8 Å². The molecule has 0 saturated heterocycles. The second-order valence-corrected chi connectivity index (χ2v) is 6.66. The number of benzene rings is 1. The second kappa shape index (κ2) is 6.35. The van der Waals surface area contributed by atoms with Crippen molar-refractivity contribution in [2.45, 2.75) is 13.0 Å². The monoisotopic (exact) mass is 366 g/mol. The molecule has 1 amide bonds. The van der Waals surface area contributed by atoms with E-state index in [-0.39, 0.29) is 5.91 Å². The molecule has 3 heterocycles. The van der Waals surface area contributed by atoms with Crippen molar-refractivity contribution in [3.05, 3.63) is 62.1 Å². The number of carbonyl (C=O) groups excluding carboxylic acids is 1. The molecule has 0 aliphatic carbocycles. The van der Waals surface area contributed by atoms with Crippen LogP contribution in [0.3, 0.4) is 0 Å². The summed E-state index contributed by atoms with van der Waals surface area (Å²) in [5, 5.41) is 0. The van der Waals surface area contributed by atoms with Gasteiger partial charge in [0.15, 0.2) is 0 Å². The summed E-state index contributed by atoms with van der Waals surface area (Å²) in [6, 6.07) is 4.83. The summed E-state index contributed by atoms with van der Waals surface area (Å²) in [6.45, 7) is 0.956. The topological polar surface area (TPSA) is 115 Å². The average molecular weight is 366 g/mol. The fourth-order valence-electron chi connectivity index (χ4n) is 3.33. The lowest BCUT2D eigenvalue weighted by atomic mass is 10.0. The van der Waals surface area contributed by atoms with E-state index in [9.17, 15) is 14.4 Å². The highest BCUT2D eigenvalue weighted by Gasteiger charge is 2.25. The Labute approximate surface area is 153 Å². The maximum absolute atomic E-state index is 12.9. The quantitative estimate of drug-likeness (QED) is 0.629. The van der Waals surface area contributed by atoms with Crippen molar-refractivity contribution in [3.8, 4) is 0 Å². The van der Waals surface area contributed by atoms with Crippen molar-refractivity contribution in [1.29, 1.82) is 0 Å². The van der Waals surface area contributed by atoms with E-state index in [1.54, 1.807) is 23.1 Å². The third-order valence-corrected chi connectivity index (χ3v) is 4.66. The van der Waals surface area contributed by atoms with Crippen LogP contribution in [-0.4, -0.2) is 51.4 Å². The fourth-order valence-corrected chi connectivity index (χ4v) is 3.33. The number of anilines is 1. The van der Waals surface area contributed by atoms with E-state index in [1.165, 1.54) is 6.33 Å². The van der Waals surface area contributed by atoms with E-state index in [0.29, 0.717) is 36.1 Å². The highest BCUT2D eigenvalue weighted by molar-refractivity contribution is 5.97. The van der Waals surface area contributed by atoms with Crippen molar-refractivity contribution in [3.63, 3.8) is 0 Å². The Balaban J connectivity index is 1.65. The van der Waals surface area contributed by atoms with Crippen LogP contribution >= 0.6 is 0 Å². The molecule has 27 heavy (non-hydrogen) atoms. The first-order chi connectivity index (χ1) is 12.9. The minimum absolute atomic E-state index is 0.153. The third-order valence-electron chi connectivity index (χ3n) is 4.66. The first kappa shape index (κ1) is 17.0. The Kier molecular flexibility index (Phi) is 3.98. The number of aromatic nitrogens is 4. The van der Waals surface area contributed by atoms with Gasteiger partial charge in [-0.1, -0.05) is 0 Å². The van der Waals surface area contributed by atoms with E-state index >= 15 is 0 Å². The molecular weight excluding hydrogens is 348 g/mol. The first-order valence-electron chi connectivity index (χ1n) is 8.50. The van der Waals surface area contributed by atoms with Gasteiger partial charge in [-0.15, -0.1) is 0 Å². The molecule has 9 heteroatoms. The van der Waals surface area contributed by atoms with Crippen LogP contribution in [0.4, 0.5) is 5.82 Å². The predicted molar refractivity (Wildman–Crippen MR) is 100.0 cm³/mol. The van der Waals surface area contributed by atoms with Crippen LogP contribution in [0, 0.1) is 0 Å². The number of rotatable bonds is 2. The second-order valence-electron chi connectivity index (χ2n) is 6.66. The molecular formula is C18H18N6O3. The summed E-state index contributed by atoms with van der Waals surface area (Å²) >= 11 is 0. The van der Waals surface area contributed by atoms with Gasteiger partial charge in [0.25, 0.3) is 5.91 Å². The number of hydrogen-bond donors (Lipinski definition) is 2. The number of fused-ring (bicyclic) bond motifs is 2.